The molecule has 0 aromatic heterocycles. The molecule has 0 atom stereocenters. The number of carbonyl (C=O) groups is 1. The van der Waals surface area contributed by atoms with Crippen molar-refractivity contribution in [1.82, 2.24) is 0 Å². The summed E-state index contributed by atoms with van der Waals surface area (Å²) in [6.45, 7) is 5.79. The first-order chi connectivity index (χ1) is 8.88. The highest BCUT2D eigenvalue weighted by atomic mass is 79.9. The molecular weight excluding hydrogens is 324 g/mol. The molecule has 0 amide bonds. The van der Waals surface area contributed by atoms with Gasteiger partial charge < -0.3 is 0 Å². The lowest BCUT2D eigenvalue weighted by molar-refractivity contribution is 0.103. The standard InChI is InChI=1S/C16H14BrClO/c1-9-4-12(8-13(17)5-9)16(19)14-6-11(3)15(18)7-10(14)2/h4-8H,1-3H3. The van der Waals surface area contributed by atoms with Crippen LogP contribution in [0.4, 0.5) is 0 Å². The van der Waals surface area contributed by atoms with Gasteiger partial charge in [-0.25, -0.2) is 0 Å². The van der Waals surface area contributed by atoms with Crippen LogP contribution >= 0.6 is 27.5 Å². The van der Waals surface area contributed by atoms with Gasteiger partial charge in [0.15, 0.2) is 5.78 Å². The van der Waals surface area contributed by atoms with Crippen molar-refractivity contribution in [2.75, 3.05) is 0 Å². The molecule has 2 rings (SSSR count). The second-order valence-electron chi connectivity index (χ2n) is 4.76. The first kappa shape index (κ1) is 14.3. The van der Waals surface area contributed by atoms with E-state index in [1.807, 2.05) is 51.1 Å². The highest BCUT2D eigenvalue weighted by molar-refractivity contribution is 9.10. The average molecular weight is 338 g/mol. The highest BCUT2D eigenvalue weighted by Crippen LogP contribution is 2.24. The lowest BCUT2D eigenvalue weighted by atomic mass is 9.96. The van der Waals surface area contributed by atoms with Crippen LogP contribution in [0.2, 0.25) is 5.02 Å². The smallest absolute Gasteiger partial charge is 0.193 e. The number of rotatable bonds is 2. The Hall–Kier alpha value is -1.12. The van der Waals surface area contributed by atoms with Crippen molar-refractivity contribution in [2.45, 2.75) is 20.8 Å². The maximum absolute atomic E-state index is 12.6. The van der Waals surface area contributed by atoms with Gasteiger partial charge in [0.05, 0.1) is 0 Å². The van der Waals surface area contributed by atoms with Gasteiger partial charge in [0, 0.05) is 20.6 Å². The van der Waals surface area contributed by atoms with E-state index in [1.165, 1.54) is 0 Å². The van der Waals surface area contributed by atoms with Gasteiger partial charge in [-0.1, -0.05) is 27.5 Å². The van der Waals surface area contributed by atoms with E-state index >= 15 is 0 Å². The number of hydrogen-bond acceptors (Lipinski definition) is 1. The van der Waals surface area contributed by atoms with Gasteiger partial charge >= 0.3 is 0 Å². The van der Waals surface area contributed by atoms with Gasteiger partial charge in [-0.3, -0.25) is 4.79 Å². The second-order valence-corrected chi connectivity index (χ2v) is 6.09. The summed E-state index contributed by atoms with van der Waals surface area (Å²) in [6.07, 6.45) is 0. The van der Waals surface area contributed by atoms with E-state index in [4.69, 9.17) is 11.6 Å². The molecule has 2 aromatic carbocycles. The molecule has 0 radical (unpaired) electrons. The largest absolute Gasteiger partial charge is 0.289 e. The molecule has 0 aliphatic carbocycles. The maximum Gasteiger partial charge on any atom is 0.193 e. The fourth-order valence-corrected chi connectivity index (χ4v) is 2.87. The summed E-state index contributed by atoms with van der Waals surface area (Å²) >= 11 is 9.49. The number of carbonyl (C=O) groups excluding carboxylic acids is 1. The molecule has 98 valence electrons. The Morgan fingerprint density at radius 1 is 1.00 bits per heavy atom. The van der Waals surface area contributed by atoms with Crippen LogP contribution < -0.4 is 0 Å². The van der Waals surface area contributed by atoms with Crippen molar-refractivity contribution in [3.8, 4) is 0 Å². The Morgan fingerprint density at radius 2 is 1.68 bits per heavy atom. The predicted octanol–water partition coefficient (Wildman–Crippen LogP) is 5.26. The molecule has 3 heteroatoms. The van der Waals surface area contributed by atoms with E-state index in [9.17, 15) is 4.79 Å². The Labute approximate surface area is 126 Å². The third-order valence-corrected chi connectivity index (χ3v) is 3.92. The van der Waals surface area contributed by atoms with Crippen LogP contribution in [0, 0.1) is 20.8 Å². The molecule has 0 fully saturated rings. The van der Waals surface area contributed by atoms with Crippen molar-refractivity contribution in [2.24, 2.45) is 0 Å². The Bertz CT molecular complexity index is 642. The molecule has 0 heterocycles. The lowest BCUT2D eigenvalue weighted by Gasteiger charge is -2.09. The average Bonchev–Trinajstić information content (AvgIpc) is 2.31. The highest BCUT2D eigenvalue weighted by Gasteiger charge is 2.14. The van der Waals surface area contributed by atoms with Crippen molar-refractivity contribution < 1.29 is 4.79 Å². The number of benzene rings is 2. The van der Waals surface area contributed by atoms with Crippen LogP contribution in [-0.2, 0) is 0 Å². The molecule has 0 bridgehead atoms. The summed E-state index contributed by atoms with van der Waals surface area (Å²) in [5.41, 5.74) is 4.28. The number of hydrogen-bond donors (Lipinski definition) is 0. The van der Waals surface area contributed by atoms with Crippen LogP contribution in [0.5, 0.6) is 0 Å². The van der Waals surface area contributed by atoms with Gasteiger partial charge in [-0.2, -0.15) is 0 Å². The van der Waals surface area contributed by atoms with Crippen LogP contribution in [0.3, 0.4) is 0 Å². The summed E-state index contributed by atoms with van der Waals surface area (Å²) < 4.78 is 0.916. The molecule has 0 unspecified atom stereocenters. The first-order valence-electron chi connectivity index (χ1n) is 5.97. The second kappa shape index (κ2) is 5.48. The SMILES string of the molecule is Cc1cc(Br)cc(C(=O)c2cc(C)c(Cl)cc2C)c1. The van der Waals surface area contributed by atoms with Crippen molar-refractivity contribution in [1.29, 1.82) is 0 Å². The lowest BCUT2D eigenvalue weighted by Crippen LogP contribution is -2.05. The van der Waals surface area contributed by atoms with Gasteiger partial charge in [-0.15, -0.1) is 0 Å². The molecule has 2 aromatic rings. The minimum absolute atomic E-state index is 0.0293. The Kier molecular flexibility index (Phi) is 4.12. The normalized spacial score (nSPS) is 10.6. The van der Waals surface area contributed by atoms with Gasteiger partial charge in [0.25, 0.3) is 0 Å². The van der Waals surface area contributed by atoms with Crippen molar-refractivity contribution >= 4 is 33.3 Å². The zero-order valence-electron chi connectivity index (χ0n) is 11.1. The zero-order valence-corrected chi connectivity index (χ0v) is 13.4. The Morgan fingerprint density at radius 3 is 2.32 bits per heavy atom. The topological polar surface area (TPSA) is 17.1 Å². The number of ketones is 1. The Balaban J connectivity index is 2.53. The minimum Gasteiger partial charge on any atom is -0.289 e. The van der Waals surface area contributed by atoms with Crippen molar-refractivity contribution in [3.63, 3.8) is 0 Å². The summed E-state index contributed by atoms with van der Waals surface area (Å²) in [5, 5.41) is 0.694. The molecule has 19 heavy (non-hydrogen) atoms. The van der Waals surface area contributed by atoms with Gasteiger partial charge in [-0.05, 0) is 67.8 Å². The quantitative estimate of drug-likeness (QED) is 0.683. The van der Waals surface area contributed by atoms with Crippen molar-refractivity contribution in [3.05, 3.63) is 67.6 Å². The van der Waals surface area contributed by atoms with Gasteiger partial charge in [0.2, 0.25) is 0 Å². The zero-order chi connectivity index (χ0) is 14.2. The third kappa shape index (κ3) is 3.07. The molecule has 1 nitrogen and oxygen atoms in total. The maximum atomic E-state index is 12.6. The first-order valence-corrected chi connectivity index (χ1v) is 7.14. The van der Waals surface area contributed by atoms with E-state index < -0.39 is 0 Å². The fraction of sp³-hybridized carbons (Fsp3) is 0.188. The van der Waals surface area contributed by atoms with E-state index in [0.29, 0.717) is 16.1 Å². The minimum atomic E-state index is 0.0293. The van der Waals surface area contributed by atoms with Crippen LogP contribution in [-0.4, -0.2) is 5.78 Å². The summed E-state index contributed by atoms with van der Waals surface area (Å²) in [6, 6.07) is 9.43. The van der Waals surface area contributed by atoms with Crippen LogP contribution in [0.1, 0.15) is 32.6 Å². The van der Waals surface area contributed by atoms with E-state index in [1.54, 1.807) is 0 Å². The van der Waals surface area contributed by atoms with Crippen LogP contribution in [0.15, 0.2) is 34.8 Å². The summed E-state index contributed by atoms with van der Waals surface area (Å²) in [4.78, 5) is 12.6. The van der Waals surface area contributed by atoms with E-state index in [2.05, 4.69) is 15.9 Å². The molecular formula is C16H14BrClO. The summed E-state index contributed by atoms with van der Waals surface area (Å²) in [5.74, 6) is 0.0293. The third-order valence-electron chi connectivity index (χ3n) is 3.05. The van der Waals surface area contributed by atoms with E-state index in [-0.39, 0.29) is 5.78 Å². The summed E-state index contributed by atoms with van der Waals surface area (Å²) in [7, 11) is 0. The van der Waals surface area contributed by atoms with Crippen LogP contribution in [0.25, 0.3) is 0 Å². The molecule has 0 aliphatic rings. The van der Waals surface area contributed by atoms with E-state index in [0.717, 1.165) is 21.2 Å². The molecule has 0 N–H and O–H groups in total. The molecule has 0 aliphatic heterocycles. The van der Waals surface area contributed by atoms with Gasteiger partial charge in [0.1, 0.15) is 0 Å². The predicted molar refractivity (Wildman–Crippen MR) is 83.2 cm³/mol. The molecule has 0 saturated carbocycles. The molecule has 0 saturated heterocycles. The number of aryl methyl sites for hydroxylation is 3. The number of halogens is 2. The molecule has 0 spiro atoms. The monoisotopic (exact) mass is 336 g/mol. The fourth-order valence-electron chi connectivity index (χ4n) is 2.05.